The summed E-state index contributed by atoms with van der Waals surface area (Å²) in [6, 6.07) is 4.31. The number of rotatable bonds is 4. The Hall–Kier alpha value is -0.380. The zero-order valence-corrected chi connectivity index (χ0v) is 7.40. The summed E-state index contributed by atoms with van der Waals surface area (Å²) >= 11 is 1.73. The Kier molecular flexibility index (Phi) is 3.56. The van der Waals surface area contributed by atoms with Crippen LogP contribution in [0, 0.1) is 0 Å². The molecule has 0 radical (unpaired) electrons. The molecule has 0 aliphatic rings. The van der Waals surface area contributed by atoms with E-state index in [1.54, 1.807) is 11.3 Å². The van der Waals surface area contributed by atoms with Gasteiger partial charge in [-0.05, 0) is 18.4 Å². The molecule has 1 rings (SSSR count). The Morgan fingerprint density at radius 3 is 3.09 bits per heavy atom. The van der Waals surface area contributed by atoms with Gasteiger partial charge in [0.15, 0.2) is 0 Å². The maximum atomic E-state index is 8.70. The fourth-order valence-electron chi connectivity index (χ4n) is 0.753. The molecule has 3 heteroatoms. The van der Waals surface area contributed by atoms with Crippen molar-refractivity contribution in [1.29, 1.82) is 0 Å². The Bertz CT molecular complexity index is 186. The van der Waals surface area contributed by atoms with Gasteiger partial charge in [0.25, 0.3) is 0 Å². The minimum absolute atomic E-state index is 0.192. The van der Waals surface area contributed by atoms with Crippen molar-refractivity contribution >= 4 is 11.3 Å². The van der Waals surface area contributed by atoms with E-state index >= 15 is 0 Å². The second kappa shape index (κ2) is 4.49. The van der Waals surface area contributed by atoms with Crippen molar-refractivity contribution < 1.29 is 5.11 Å². The van der Waals surface area contributed by atoms with Crippen molar-refractivity contribution in [2.45, 2.75) is 19.5 Å². The summed E-state index contributed by atoms with van der Waals surface area (Å²) in [5.74, 6) is 0. The fraction of sp³-hybridized carbons (Fsp3) is 0.500. The second-order valence-electron chi connectivity index (χ2n) is 2.54. The second-order valence-corrected chi connectivity index (χ2v) is 3.58. The zero-order chi connectivity index (χ0) is 8.10. The average molecular weight is 171 g/mol. The Morgan fingerprint density at radius 2 is 2.55 bits per heavy atom. The molecule has 0 aliphatic heterocycles. The van der Waals surface area contributed by atoms with Crippen molar-refractivity contribution in [2.24, 2.45) is 0 Å². The molecule has 0 saturated carbocycles. The van der Waals surface area contributed by atoms with E-state index in [1.807, 2.05) is 13.0 Å². The van der Waals surface area contributed by atoms with Crippen LogP contribution in [0.4, 0.5) is 0 Å². The number of aliphatic hydroxyl groups is 1. The lowest BCUT2D eigenvalue weighted by molar-refractivity contribution is 0.251. The Labute approximate surface area is 70.9 Å². The van der Waals surface area contributed by atoms with Crippen molar-refractivity contribution in [3.8, 4) is 0 Å². The molecular formula is C8H13NOS. The van der Waals surface area contributed by atoms with Crippen LogP contribution in [0.1, 0.15) is 11.8 Å². The third-order valence-electron chi connectivity index (χ3n) is 1.48. The summed E-state index contributed by atoms with van der Waals surface area (Å²) < 4.78 is 0. The molecule has 0 spiro atoms. The normalized spacial score (nSPS) is 13.3. The lowest BCUT2D eigenvalue weighted by Crippen LogP contribution is -2.28. The minimum Gasteiger partial charge on any atom is -0.395 e. The van der Waals surface area contributed by atoms with Gasteiger partial charge in [-0.1, -0.05) is 6.07 Å². The SMILES string of the molecule is CC(CO)NCc1cccs1. The molecule has 1 aromatic heterocycles. The summed E-state index contributed by atoms with van der Waals surface area (Å²) in [6.45, 7) is 3.03. The highest BCUT2D eigenvalue weighted by atomic mass is 32.1. The van der Waals surface area contributed by atoms with Gasteiger partial charge in [-0.3, -0.25) is 0 Å². The molecule has 0 bridgehead atoms. The van der Waals surface area contributed by atoms with Crippen LogP contribution in [0.5, 0.6) is 0 Å². The predicted molar refractivity (Wildman–Crippen MR) is 47.7 cm³/mol. The highest BCUT2D eigenvalue weighted by Crippen LogP contribution is 2.07. The van der Waals surface area contributed by atoms with E-state index in [0.717, 1.165) is 6.54 Å². The number of aliphatic hydroxyl groups excluding tert-OH is 1. The smallest absolute Gasteiger partial charge is 0.0582 e. The van der Waals surface area contributed by atoms with E-state index in [4.69, 9.17) is 5.11 Å². The number of thiophene rings is 1. The van der Waals surface area contributed by atoms with Crippen molar-refractivity contribution in [3.63, 3.8) is 0 Å². The van der Waals surface area contributed by atoms with Crippen molar-refractivity contribution in [2.75, 3.05) is 6.61 Å². The van der Waals surface area contributed by atoms with E-state index in [9.17, 15) is 0 Å². The maximum Gasteiger partial charge on any atom is 0.0582 e. The molecular weight excluding hydrogens is 158 g/mol. The van der Waals surface area contributed by atoms with Crippen LogP contribution < -0.4 is 5.32 Å². The topological polar surface area (TPSA) is 32.3 Å². The van der Waals surface area contributed by atoms with E-state index in [1.165, 1.54) is 4.88 Å². The van der Waals surface area contributed by atoms with Crippen molar-refractivity contribution in [3.05, 3.63) is 22.4 Å². The predicted octanol–water partition coefficient (Wildman–Crippen LogP) is 1.22. The summed E-state index contributed by atoms with van der Waals surface area (Å²) in [5, 5.41) is 14.0. The minimum atomic E-state index is 0.192. The van der Waals surface area contributed by atoms with Gasteiger partial charge >= 0.3 is 0 Å². The maximum absolute atomic E-state index is 8.70. The van der Waals surface area contributed by atoms with Crippen LogP contribution in [0.2, 0.25) is 0 Å². The molecule has 11 heavy (non-hydrogen) atoms. The van der Waals surface area contributed by atoms with E-state index in [2.05, 4.69) is 16.8 Å². The van der Waals surface area contributed by atoms with E-state index < -0.39 is 0 Å². The molecule has 0 aromatic carbocycles. The first-order valence-corrected chi connectivity index (χ1v) is 4.57. The molecule has 0 fully saturated rings. The molecule has 0 saturated heterocycles. The van der Waals surface area contributed by atoms with Gasteiger partial charge in [0, 0.05) is 17.5 Å². The van der Waals surface area contributed by atoms with Gasteiger partial charge < -0.3 is 10.4 Å². The van der Waals surface area contributed by atoms with E-state index in [-0.39, 0.29) is 12.6 Å². The Morgan fingerprint density at radius 1 is 1.73 bits per heavy atom. The average Bonchev–Trinajstić information content (AvgIpc) is 2.52. The Balaban J connectivity index is 2.23. The van der Waals surface area contributed by atoms with Crippen LogP contribution in [0.15, 0.2) is 17.5 Å². The van der Waals surface area contributed by atoms with Crippen LogP contribution in [0.25, 0.3) is 0 Å². The molecule has 1 aromatic rings. The van der Waals surface area contributed by atoms with Gasteiger partial charge in [0.05, 0.1) is 6.61 Å². The van der Waals surface area contributed by atoms with Gasteiger partial charge in [-0.25, -0.2) is 0 Å². The first kappa shape index (κ1) is 8.71. The molecule has 2 N–H and O–H groups in total. The first-order valence-electron chi connectivity index (χ1n) is 3.69. The lowest BCUT2D eigenvalue weighted by atomic mass is 10.3. The molecule has 1 heterocycles. The van der Waals surface area contributed by atoms with Crippen LogP contribution >= 0.6 is 11.3 Å². The van der Waals surface area contributed by atoms with E-state index in [0.29, 0.717) is 0 Å². The summed E-state index contributed by atoms with van der Waals surface area (Å²) in [4.78, 5) is 1.31. The molecule has 1 atom stereocenters. The number of hydrogen-bond donors (Lipinski definition) is 2. The highest BCUT2D eigenvalue weighted by Gasteiger charge is 1.98. The van der Waals surface area contributed by atoms with Gasteiger partial charge in [0.1, 0.15) is 0 Å². The third kappa shape index (κ3) is 3.01. The molecule has 62 valence electrons. The largest absolute Gasteiger partial charge is 0.395 e. The standard InChI is InChI=1S/C8H13NOS/c1-7(6-10)9-5-8-3-2-4-11-8/h2-4,7,9-10H,5-6H2,1H3. The summed E-state index contributed by atoms with van der Waals surface area (Å²) in [6.07, 6.45) is 0. The molecule has 1 unspecified atom stereocenters. The first-order chi connectivity index (χ1) is 5.33. The van der Waals surface area contributed by atoms with Gasteiger partial charge in [-0.15, -0.1) is 11.3 Å². The molecule has 0 aliphatic carbocycles. The summed E-state index contributed by atoms with van der Waals surface area (Å²) in [5.41, 5.74) is 0. The van der Waals surface area contributed by atoms with Crippen molar-refractivity contribution in [1.82, 2.24) is 5.32 Å². The fourth-order valence-corrected chi connectivity index (χ4v) is 1.41. The molecule has 0 amide bonds. The highest BCUT2D eigenvalue weighted by molar-refractivity contribution is 7.09. The summed E-state index contributed by atoms with van der Waals surface area (Å²) in [7, 11) is 0. The van der Waals surface area contributed by atoms with Crippen LogP contribution in [-0.2, 0) is 6.54 Å². The lowest BCUT2D eigenvalue weighted by Gasteiger charge is -2.08. The van der Waals surface area contributed by atoms with Gasteiger partial charge in [0.2, 0.25) is 0 Å². The van der Waals surface area contributed by atoms with Crippen LogP contribution in [-0.4, -0.2) is 17.8 Å². The third-order valence-corrected chi connectivity index (χ3v) is 2.36. The number of hydrogen-bond acceptors (Lipinski definition) is 3. The monoisotopic (exact) mass is 171 g/mol. The molecule has 2 nitrogen and oxygen atoms in total. The van der Waals surface area contributed by atoms with Gasteiger partial charge in [-0.2, -0.15) is 0 Å². The zero-order valence-electron chi connectivity index (χ0n) is 6.58. The number of nitrogens with one attached hydrogen (secondary N) is 1. The van der Waals surface area contributed by atoms with Crippen LogP contribution in [0.3, 0.4) is 0 Å². The quantitative estimate of drug-likeness (QED) is 0.714.